The van der Waals surface area contributed by atoms with Crippen molar-refractivity contribution in [1.82, 2.24) is 5.32 Å². The van der Waals surface area contributed by atoms with Crippen LogP contribution in [0.5, 0.6) is 5.75 Å². The van der Waals surface area contributed by atoms with Gasteiger partial charge >= 0.3 is 0 Å². The van der Waals surface area contributed by atoms with Gasteiger partial charge in [0.1, 0.15) is 5.75 Å². The molecule has 2 nitrogen and oxygen atoms in total. The van der Waals surface area contributed by atoms with E-state index in [-0.39, 0.29) is 0 Å². The molecule has 0 amide bonds. The topological polar surface area (TPSA) is 21.3 Å². The first kappa shape index (κ1) is 14.9. The van der Waals surface area contributed by atoms with Gasteiger partial charge in [-0.1, -0.05) is 38.0 Å². The summed E-state index contributed by atoms with van der Waals surface area (Å²) in [5, 5.41) is 3.93. The Balaban J connectivity index is 1.66. The van der Waals surface area contributed by atoms with Crippen LogP contribution in [-0.2, 0) is 0 Å². The molecule has 116 valence electrons. The minimum absolute atomic E-state index is 0.420. The van der Waals surface area contributed by atoms with E-state index in [1.54, 1.807) is 7.11 Å². The predicted molar refractivity (Wildman–Crippen MR) is 87.6 cm³/mol. The molecule has 3 atom stereocenters. The van der Waals surface area contributed by atoms with Crippen molar-refractivity contribution < 1.29 is 4.74 Å². The van der Waals surface area contributed by atoms with E-state index in [2.05, 4.69) is 36.5 Å². The normalized spacial score (nSPS) is 27.3. The first-order valence-electron chi connectivity index (χ1n) is 8.70. The van der Waals surface area contributed by atoms with E-state index in [1.807, 2.05) is 0 Å². The molecule has 2 saturated carbocycles. The molecule has 1 aromatic carbocycles. The van der Waals surface area contributed by atoms with E-state index >= 15 is 0 Å². The van der Waals surface area contributed by atoms with Gasteiger partial charge in [-0.25, -0.2) is 0 Å². The molecule has 0 saturated heterocycles. The highest BCUT2D eigenvalue weighted by Crippen LogP contribution is 2.44. The summed E-state index contributed by atoms with van der Waals surface area (Å²) < 4.78 is 5.55. The molecular formula is C19H29NO. The van der Waals surface area contributed by atoms with E-state index in [9.17, 15) is 0 Å². The van der Waals surface area contributed by atoms with Gasteiger partial charge in [-0.05, 0) is 50.0 Å². The van der Waals surface area contributed by atoms with Crippen LogP contribution < -0.4 is 10.1 Å². The van der Waals surface area contributed by atoms with E-state index in [0.717, 1.165) is 24.0 Å². The van der Waals surface area contributed by atoms with Gasteiger partial charge < -0.3 is 10.1 Å². The van der Waals surface area contributed by atoms with Crippen molar-refractivity contribution in [2.45, 2.75) is 64.0 Å². The largest absolute Gasteiger partial charge is 0.496 e. The van der Waals surface area contributed by atoms with Crippen LogP contribution >= 0.6 is 0 Å². The Morgan fingerprint density at radius 3 is 2.67 bits per heavy atom. The van der Waals surface area contributed by atoms with Crippen molar-refractivity contribution in [3.8, 4) is 5.75 Å². The lowest BCUT2D eigenvalue weighted by atomic mass is 9.82. The molecule has 2 aliphatic carbocycles. The number of nitrogens with one attached hydrogen (secondary N) is 1. The van der Waals surface area contributed by atoms with Crippen molar-refractivity contribution in [1.29, 1.82) is 0 Å². The maximum absolute atomic E-state index is 5.55. The average molecular weight is 287 g/mol. The monoisotopic (exact) mass is 287 g/mol. The molecular weight excluding hydrogens is 258 g/mol. The molecule has 0 bridgehead atoms. The Morgan fingerprint density at radius 2 is 1.95 bits per heavy atom. The van der Waals surface area contributed by atoms with Crippen LogP contribution in [0.15, 0.2) is 24.3 Å². The van der Waals surface area contributed by atoms with E-state index < -0.39 is 0 Å². The second-order valence-corrected chi connectivity index (χ2v) is 6.83. The van der Waals surface area contributed by atoms with Gasteiger partial charge in [-0.2, -0.15) is 0 Å². The van der Waals surface area contributed by atoms with Gasteiger partial charge in [0.25, 0.3) is 0 Å². The summed E-state index contributed by atoms with van der Waals surface area (Å²) in [5.74, 6) is 3.07. The summed E-state index contributed by atoms with van der Waals surface area (Å²) in [6.07, 6.45) is 9.69. The molecule has 1 aromatic rings. The second kappa shape index (κ2) is 6.83. The van der Waals surface area contributed by atoms with E-state index in [4.69, 9.17) is 4.74 Å². The number of ether oxygens (including phenoxy) is 1. The molecule has 0 heterocycles. The number of hydrogen-bond acceptors (Lipinski definition) is 2. The van der Waals surface area contributed by atoms with E-state index in [0.29, 0.717) is 12.1 Å². The molecule has 3 rings (SSSR count). The van der Waals surface area contributed by atoms with Gasteiger partial charge in [0.2, 0.25) is 0 Å². The number of para-hydroxylation sites is 1. The first-order valence-corrected chi connectivity index (χ1v) is 8.70. The van der Waals surface area contributed by atoms with Gasteiger partial charge in [0.05, 0.1) is 7.11 Å². The summed E-state index contributed by atoms with van der Waals surface area (Å²) in [6.45, 7) is 2.27. The highest BCUT2D eigenvalue weighted by molar-refractivity contribution is 5.35. The van der Waals surface area contributed by atoms with Gasteiger partial charge in [0.15, 0.2) is 0 Å². The highest BCUT2D eigenvalue weighted by Gasteiger charge is 2.35. The van der Waals surface area contributed by atoms with Crippen LogP contribution in [-0.4, -0.2) is 13.2 Å². The van der Waals surface area contributed by atoms with Crippen LogP contribution in [0.3, 0.4) is 0 Å². The molecule has 0 aliphatic heterocycles. The van der Waals surface area contributed by atoms with Crippen LogP contribution in [0.4, 0.5) is 0 Å². The predicted octanol–water partition coefficient (Wildman–Crippen LogP) is 4.70. The summed E-state index contributed by atoms with van der Waals surface area (Å²) in [7, 11) is 1.77. The summed E-state index contributed by atoms with van der Waals surface area (Å²) in [5.41, 5.74) is 1.32. The fourth-order valence-corrected chi connectivity index (χ4v) is 4.04. The molecule has 0 spiro atoms. The second-order valence-electron chi connectivity index (χ2n) is 6.83. The average Bonchev–Trinajstić information content (AvgIpc) is 3.38. The minimum atomic E-state index is 0.420. The Labute approximate surface area is 129 Å². The van der Waals surface area contributed by atoms with Crippen LogP contribution in [0.2, 0.25) is 0 Å². The van der Waals surface area contributed by atoms with Crippen molar-refractivity contribution in [2.24, 2.45) is 11.8 Å². The lowest BCUT2D eigenvalue weighted by molar-refractivity contribution is 0.243. The summed E-state index contributed by atoms with van der Waals surface area (Å²) in [4.78, 5) is 0. The fourth-order valence-electron chi connectivity index (χ4n) is 4.04. The van der Waals surface area contributed by atoms with Gasteiger partial charge in [-0.3, -0.25) is 0 Å². The Kier molecular flexibility index (Phi) is 4.84. The fraction of sp³-hybridized carbons (Fsp3) is 0.684. The van der Waals surface area contributed by atoms with Crippen molar-refractivity contribution in [2.75, 3.05) is 7.11 Å². The number of methoxy groups -OCH3 is 1. The maximum Gasteiger partial charge on any atom is 0.123 e. The van der Waals surface area contributed by atoms with Gasteiger partial charge in [0, 0.05) is 17.6 Å². The van der Waals surface area contributed by atoms with Crippen LogP contribution in [0, 0.1) is 11.8 Å². The standard InChI is InChI=1S/C19H29NO/c1-3-18(17-9-4-5-10-19(17)21-2)20-16-8-6-7-15(13-16)14-11-12-14/h4-5,9-10,14-16,18,20H,3,6-8,11-13H2,1-2H3. The molecule has 0 radical (unpaired) electrons. The van der Waals surface area contributed by atoms with Crippen LogP contribution in [0.1, 0.15) is 63.5 Å². The van der Waals surface area contributed by atoms with Crippen molar-refractivity contribution >= 4 is 0 Å². The van der Waals surface area contributed by atoms with Crippen molar-refractivity contribution in [3.05, 3.63) is 29.8 Å². The molecule has 21 heavy (non-hydrogen) atoms. The molecule has 2 fully saturated rings. The quantitative estimate of drug-likeness (QED) is 0.818. The maximum atomic E-state index is 5.55. The van der Waals surface area contributed by atoms with Crippen LogP contribution in [0.25, 0.3) is 0 Å². The Bertz CT molecular complexity index is 455. The molecule has 3 unspecified atom stereocenters. The lowest BCUT2D eigenvalue weighted by Crippen LogP contribution is -2.37. The molecule has 2 heteroatoms. The zero-order chi connectivity index (χ0) is 14.7. The summed E-state index contributed by atoms with van der Waals surface area (Å²) in [6, 6.07) is 9.58. The third-order valence-electron chi connectivity index (χ3n) is 5.36. The van der Waals surface area contributed by atoms with Crippen molar-refractivity contribution in [3.63, 3.8) is 0 Å². The Hall–Kier alpha value is -1.02. The smallest absolute Gasteiger partial charge is 0.123 e. The summed E-state index contributed by atoms with van der Waals surface area (Å²) >= 11 is 0. The lowest BCUT2D eigenvalue weighted by Gasteiger charge is -2.33. The highest BCUT2D eigenvalue weighted by atomic mass is 16.5. The number of rotatable bonds is 6. The zero-order valence-corrected chi connectivity index (χ0v) is 13.5. The number of benzene rings is 1. The molecule has 0 aromatic heterocycles. The Morgan fingerprint density at radius 1 is 1.14 bits per heavy atom. The SMILES string of the molecule is CCC(NC1CCCC(C2CC2)C1)c1ccccc1OC. The minimum Gasteiger partial charge on any atom is -0.496 e. The zero-order valence-electron chi connectivity index (χ0n) is 13.5. The first-order chi connectivity index (χ1) is 10.3. The molecule has 1 N–H and O–H groups in total. The van der Waals surface area contributed by atoms with E-state index in [1.165, 1.54) is 44.1 Å². The number of hydrogen-bond donors (Lipinski definition) is 1. The van der Waals surface area contributed by atoms with Gasteiger partial charge in [-0.15, -0.1) is 0 Å². The third-order valence-corrected chi connectivity index (χ3v) is 5.36. The molecule has 2 aliphatic rings. The third kappa shape index (κ3) is 3.60.